The Bertz CT molecular complexity index is 209. The number of thiophene rings is 1. The predicted molar refractivity (Wildman–Crippen MR) is 41.5 cm³/mol. The molecule has 0 amide bonds. The Balaban J connectivity index is 2.82. The minimum absolute atomic E-state index is 0.125. The molecule has 0 saturated heterocycles. The van der Waals surface area contributed by atoms with Crippen molar-refractivity contribution < 1.29 is 4.39 Å². The van der Waals surface area contributed by atoms with Crippen molar-refractivity contribution in [2.75, 3.05) is 0 Å². The van der Waals surface area contributed by atoms with Gasteiger partial charge in [-0.2, -0.15) is 0 Å². The van der Waals surface area contributed by atoms with E-state index in [0.29, 0.717) is 4.88 Å². The van der Waals surface area contributed by atoms with Gasteiger partial charge in [-0.05, 0) is 17.9 Å². The Morgan fingerprint density at radius 2 is 2.50 bits per heavy atom. The van der Waals surface area contributed by atoms with Crippen LogP contribution < -0.4 is 5.73 Å². The van der Waals surface area contributed by atoms with Gasteiger partial charge >= 0.3 is 0 Å². The molecule has 0 bridgehead atoms. The van der Waals surface area contributed by atoms with Gasteiger partial charge in [0.2, 0.25) is 0 Å². The Morgan fingerprint density at radius 1 is 1.80 bits per heavy atom. The van der Waals surface area contributed by atoms with Crippen molar-refractivity contribution in [2.45, 2.75) is 19.4 Å². The molecule has 0 aliphatic heterocycles. The van der Waals surface area contributed by atoms with Crippen molar-refractivity contribution in [1.29, 1.82) is 0 Å². The standard InChI is InChI=1S/C7H10FNS/c1-2-6(9)7-5(8)3-4-10-7/h3-4,6H,2,9H2,1H3/t6-/m0/s1. The maximum absolute atomic E-state index is 12.7. The summed E-state index contributed by atoms with van der Waals surface area (Å²) in [5.41, 5.74) is 5.61. The van der Waals surface area contributed by atoms with Crippen LogP contribution in [-0.4, -0.2) is 0 Å². The monoisotopic (exact) mass is 159 g/mol. The second kappa shape index (κ2) is 3.12. The lowest BCUT2D eigenvalue weighted by Crippen LogP contribution is -2.07. The van der Waals surface area contributed by atoms with E-state index in [-0.39, 0.29) is 11.9 Å². The summed E-state index contributed by atoms with van der Waals surface area (Å²) in [5, 5.41) is 1.72. The molecule has 0 saturated carbocycles. The molecule has 10 heavy (non-hydrogen) atoms. The van der Waals surface area contributed by atoms with Crippen molar-refractivity contribution in [1.82, 2.24) is 0 Å². The molecule has 0 fully saturated rings. The number of halogens is 1. The van der Waals surface area contributed by atoms with Gasteiger partial charge in [0.05, 0.1) is 4.88 Å². The van der Waals surface area contributed by atoms with Crippen molar-refractivity contribution >= 4 is 11.3 Å². The maximum Gasteiger partial charge on any atom is 0.138 e. The molecule has 3 heteroatoms. The van der Waals surface area contributed by atoms with E-state index >= 15 is 0 Å². The fourth-order valence-electron chi connectivity index (χ4n) is 0.755. The van der Waals surface area contributed by atoms with Gasteiger partial charge in [0.15, 0.2) is 0 Å². The van der Waals surface area contributed by atoms with Crippen molar-refractivity contribution in [3.63, 3.8) is 0 Å². The van der Waals surface area contributed by atoms with Crippen LogP contribution in [0.5, 0.6) is 0 Å². The topological polar surface area (TPSA) is 26.0 Å². The Hall–Kier alpha value is -0.410. The Kier molecular flexibility index (Phi) is 2.40. The molecule has 1 heterocycles. The fourth-order valence-corrected chi connectivity index (χ4v) is 1.61. The lowest BCUT2D eigenvalue weighted by atomic mass is 10.2. The molecular weight excluding hydrogens is 149 g/mol. The quantitative estimate of drug-likeness (QED) is 0.704. The van der Waals surface area contributed by atoms with E-state index in [1.54, 1.807) is 5.38 Å². The molecule has 0 unspecified atom stereocenters. The molecule has 0 aliphatic carbocycles. The first-order valence-corrected chi connectivity index (χ1v) is 4.12. The SMILES string of the molecule is CC[C@H](N)c1sccc1F. The highest BCUT2D eigenvalue weighted by Gasteiger charge is 2.09. The van der Waals surface area contributed by atoms with Crippen LogP contribution in [-0.2, 0) is 0 Å². The lowest BCUT2D eigenvalue weighted by molar-refractivity contribution is 0.588. The third-order valence-corrected chi connectivity index (χ3v) is 2.45. The van der Waals surface area contributed by atoms with Crippen molar-refractivity contribution in [2.24, 2.45) is 5.73 Å². The van der Waals surface area contributed by atoms with Gasteiger partial charge in [-0.25, -0.2) is 4.39 Å². The molecule has 1 aromatic rings. The smallest absolute Gasteiger partial charge is 0.138 e. The summed E-state index contributed by atoms with van der Waals surface area (Å²) in [4.78, 5) is 0.669. The largest absolute Gasteiger partial charge is 0.323 e. The minimum atomic E-state index is -0.167. The molecule has 1 atom stereocenters. The zero-order chi connectivity index (χ0) is 7.56. The van der Waals surface area contributed by atoms with E-state index in [1.807, 2.05) is 6.92 Å². The first kappa shape index (κ1) is 7.69. The van der Waals surface area contributed by atoms with Crippen LogP contribution in [0.4, 0.5) is 4.39 Å². The van der Waals surface area contributed by atoms with Crippen LogP contribution in [0.3, 0.4) is 0 Å². The summed E-state index contributed by atoms with van der Waals surface area (Å²) in [5.74, 6) is -0.167. The van der Waals surface area contributed by atoms with E-state index in [1.165, 1.54) is 17.4 Å². The van der Waals surface area contributed by atoms with E-state index in [2.05, 4.69) is 0 Å². The average Bonchev–Trinajstić information content (AvgIpc) is 2.34. The van der Waals surface area contributed by atoms with E-state index < -0.39 is 0 Å². The van der Waals surface area contributed by atoms with Gasteiger partial charge < -0.3 is 5.73 Å². The van der Waals surface area contributed by atoms with Crippen LogP contribution in [0.25, 0.3) is 0 Å². The van der Waals surface area contributed by atoms with Crippen LogP contribution in [0.1, 0.15) is 24.3 Å². The van der Waals surface area contributed by atoms with E-state index in [4.69, 9.17) is 5.73 Å². The normalized spacial score (nSPS) is 13.5. The summed E-state index contributed by atoms with van der Waals surface area (Å²) in [7, 11) is 0. The van der Waals surface area contributed by atoms with Crippen LogP contribution in [0, 0.1) is 5.82 Å². The first-order chi connectivity index (χ1) is 4.75. The fraction of sp³-hybridized carbons (Fsp3) is 0.429. The predicted octanol–water partition coefficient (Wildman–Crippen LogP) is 2.30. The summed E-state index contributed by atoms with van der Waals surface area (Å²) in [6, 6.07) is 1.33. The second-order valence-corrected chi connectivity index (χ2v) is 3.10. The lowest BCUT2D eigenvalue weighted by Gasteiger charge is -2.04. The Morgan fingerprint density at radius 3 is 2.90 bits per heavy atom. The minimum Gasteiger partial charge on any atom is -0.323 e. The third-order valence-electron chi connectivity index (χ3n) is 1.42. The van der Waals surface area contributed by atoms with Gasteiger partial charge in [-0.3, -0.25) is 0 Å². The average molecular weight is 159 g/mol. The molecule has 0 spiro atoms. The highest BCUT2D eigenvalue weighted by Crippen LogP contribution is 2.22. The van der Waals surface area contributed by atoms with Gasteiger partial charge in [0.25, 0.3) is 0 Å². The van der Waals surface area contributed by atoms with Gasteiger partial charge in [0.1, 0.15) is 5.82 Å². The summed E-state index contributed by atoms with van der Waals surface area (Å²) < 4.78 is 12.7. The first-order valence-electron chi connectivity index (χ1n) is 3.24. The highest BCUT2D eigenvalue weighted by molar-refractivity contribution is 7.10. The summed E-state index contributed by atoms with van der Waals surface area (Å²) in [6.07, 6.45) is 0.789. The van der Waals surface area contributed by atoms with Crippen LogP contribution >= 0.6 is 11.3 Å². The van der Waals surface area contributed by atoms with E-state index in [9.17, 15) is 4.39 Å². The van der Waals surface area contributed by atoms with Crippen LogP contribution in [0.2, 0.25) is 0 Å². The molecule has 2 N–H and O–H groups in total. The van der Waals surface area contributed by atoms with Gasteiger partial charge in [0, 0.05) is 6.04 Å². The number of hydrogen-bond donors (Lipinski definition) is 1. The zero-order valence-electron chi connectivity index (χ0n) is 5.80. The number of rotatable bonds is 2. The Labute approximate surface area is 63.7 Å². The molecule has 56 valence electrons. The highest BCUT2D eigenvalue weighted by atomic mass is 32.1. The van der Waals surface area contributed by atoms with Gasteiger partial charge in [-0.15, -0.1) is 11.3 Å². The van der Waals surface area contributed by atoms with Gasteiger partial charge in [-0.1, -0.05) is 6.92 Å². The third kappa shape index (κ3) is 1.36. The summed E-state index contributed by atoms with van der Waals surface area (Å²) >= 11 is 1.38. The second-order valence-electron chi connectivity index (χ2n) is 2.15. The number of hydrogen-bond acceptors (Lipinski definition) is 2. The molecule has 1 rings (SSSR count). The zero-order valence-corrected chi connectivity index (χ0v) is 6.62. The molecule has 0 radical (unpaired) electrons. The van der Waals surface area contributed by atoms with Crippen molar-refractivity contribution in [3.8, 4) is 0 Å². The number of nitrogens with two attached hydrogens (primary N) is 1. The molecule has 0 aliphatic rings. The molecule has 1 nitrogen and oxygen atoms in total. The molecular formula is C7H10FNS. The van der Waals surface area contributed by atoms with Crippen molar-refractivity contribution in [3.05, 3.63) is 22.1 Å². The maximum atomic E-state index is 12.7. The molecule has 0 aromatic carbocycles. The van der Waals surface area contributed by atoms with Crippen LogP contribution in [0.15, 0.2) is 11.4 Å². The van der Waals surface area contributed by atoms with E-state index in [0.717, 1.165) is 6.42 Å². The summed E-state index contributed by atoms with van der Waals surface area (Å²) in [6.45, 7) is 1.95. The molecule has 1 aromatic heterocycles.